The number of nitrogens with zero attached hydrogens (tertiary/aromatic N) is 5. The fourth-order valence-corrected chi connectivity index (χ4v) is 2.37. The Bertz CT molecular complexity index is 957. The van der Waals surface area contributed by atoms with E-state index >= 15 is 0 Å². The summed E-state index contributed by atoms with van der Waals surface area (Å²) in [4.78, 5) is 12.7. The molecule has 0 radical (unpaired) electrons. The molecule has 7 heteroatoms. The van der Waals surface area contributed by atoms with Crippen molar-refractivity contribution in [2.24, 2.45) is 0 Å². The maximum Gasteiger partial charge on any atom is 0.248 e. The minimum Gasteiger partial charge on any atom is -0.368 e. The van der Waals surface area contributed by atoms with Crippen molar-refractivity contribution in [2.45, 2.75) is 0 Å². The van der Waals surface area contributed by atoms with Crippen molar-refractivity contribution in [1.82, 2.24) is 24.7 Å². The summed E-state index contributed by atoms with van der Waals surface area (Å²) in [6.45, 7) is 0. The van der Waals surface area contributed by atoms with Gasteiger partial charge in [-0.05, 0) is 23.6 Å². The quantitative estimate of drug-likeness (QED) is 0.604. The van der Waals surface area contributed by atoms with Crippen LogP contribution in [0.1, 0.15) is 0 Å². The summed E-state index contributed by atoms with van der Waals surface area (Å²) < 4.78 is 1.53. The molecule has 0 saturated carbocycles. The second-order valence-corrected chi connectivity index (χ2v) is 4.93. The Balaban J connectivity index is 1.77. The van der Waals surface area contributed by atoms with E-state index in [0.717, 1.165) is 16.5 Å². The molecule has 4 rings (SSSR count). The minimum atomic E-state index is 0.264. The van der Waals surface area contributed by atoms with Gasteiger partial charge in [0.05, 0.1) is 11.9 Å². The molecule has 0 spiro atoms. The SMILES string of the molecule is Nc1nc(Nc2cccnc2)nn1-c1nccc2ccccc12. The van der Waals surface area contributed by atoms with E-state index in [1.165, 1.54) is 4.68 Å². The molecular weight excluding hydrogens is 290 g/mol. The number of hydrogen-bond acceptors (Lipinski definition) is 6. The Hall–Kier alpha value is -3.48. The van der Waals surface area contributed by atoms with E-state index in [9.17, 15) is 0 Å². The van der Waals surface area contributed by atoms with Gasteiger partial charge < -0.3 is 11.1 Å². The Labute approximate surface area is 131 Å². The van der Waals surface area contributed by atoms with E-state index in [4.69, 9.17) is 5.73 Å². The van der Waals surface area contributed by atoms with Crippen LogP contribution >= 0.6 is 0 Å². The van der Waals surface area contributed by atoms with Crippen molar-refractivity contribution in [3.8, 4) is 5.82 Å². The van der Waals surface area contributed by atoms with Crippen molar-refractivity contribution < 1.29 is 0 Å². The highest BCUT2D eigenvalue weighted by atomic mass is 15.4. The zero-order valence-electron chi connectivity index (χ0n) is 12.1. The summed E-state index contributed by atoms with van der Waals surface area (Å²) in [5.41, 5.74) is 6.80. The number of pyridine rings is 2. The second-order valence-electron chi connectivity index (χ2n) is 4.93. The molecule has 3 aromatic heterocycles. The number of nitrogens with two attached hydrogens (primary N) is 1. The van der Waals surface area contributed by atoms with Gasteiger partial charge in [-0.3, -0.25) is 4.98 Å². The van der Waals surface area contributed by atoms with Crippen LogP contribution in [0.15, 0.2) is 61.1 Å². The molecule has 0 aliphatic carbocycles. The van der Waals surface area contributed by atoms with E-state index < -0.39 is 0 Å². The highest BCUT2D eigenvalue weighted by Crippen LogP contribution is 2.22. The predicted octanol–water partition coefficient (Wildman–Crippen LogP) is 2.54. The summed E-state index contributed by atoms with van der Waals surface area (Å²) in [6.07, 6.45) is 5.12. The Kier molecular flexibility index (Phi) is 3.09. The second kappa shape index (κ2) is 5.38. The average Bonchev–Trinajstić information content (AvgIpc) is 2.95. The topological polar surface area (TPSA) is 94.5 Å². The molecule has 0 atom stereocenters. The maximum absolute atomic E-state index is 6.01. The van der Waals surface area contributed by atoms with E-state index in [0.29, 0.717) is 11.8 Å². The van der Waals surface area contributed by atoms with Gasteiger partial charge in [-0.15, -0.1) is 5.10 Å². The summed E-state index contributed by atoms with van der Waals surface area (Å²) in [5.74, 6) is 1.30. The van der Waals surface area contributed by atoms with Crippen LogP contribution in [0, 0.1) is 0 Å². The molecular formula is C16H13N7. The third kappa shape index (κ3) is 2.44. The summed E-state index contributed by atoms with van der Waals surface area (Å²) in [5, 5.41) is 9.50. The van der Waals surface area contributed by atoms with Crippen LogP contribution in [0.2, 0.25) is 0 Å². The molecule has 23 heavy (non-hydrogen) atoms. The molecule has 0 aliphatic rings. The van der Waals surface area contributed by atoms with Crippen molar-refractivity contribution in [3.05, 3.63) is 61.1 Å². The molecule has 7 nitrogen and oxygen atoms in total. The Morgan fingerprint density at radius 1 is 1.00 bits per heavy atom. The summed E-state index contributed by atoms with van der Waals surface area (Å²) in [7, 11) is 0. The van der Waals surface area contributed by atoms with Crippen molar-refractivity contribution >= 4 is 28.4 Å². The van der Waals surface area contributed by atoms with Crippen LogP contribution in [0.3, 0.4) is 0 Å². The van der Waals surface area contributed by atoms with Gasteiger partial charge in [-0.2, -0.15) is 9.67 Å². The number of aromatic nitrogens is 5. The molecule has 0 fully saturated rings. The first-order chi connectivity index (χ1) is 11.3. The van der Waals surface area contributed by atoms with Gasteiger partial charge in [0.1, 0.15) is 0 Å². The lowest BCUT2D eigenvalue weighted by molar-refractivity contribution is 0.869. The van der Waals surface area contributed by atoms with E-state index in [1.807, 2.05) is 42.5 Å². The van der Waals surface area contributed by atoms with E-state index in [1.54, 1.807) is 18.6 Å². The number of rotatable bonds is 3. The minimum absolute atomic E-state index is 0.264. The number of fused-ring (bicyclic) bond motifs is 1. The lowest BCUT2D eigenvalue weighted by atomic mass is 10.1. The van der Waals surface area contributed by atoms with Crippen LogP contribution < -0.4 is 11.1 Å². The number of nitrogen functional groups attached to an aromatic ring is 1. The van der Waals surface area contributed by atoms with Gasteiger partial charge in [-0.25, -0.2) is 4.98 Å². The van der Waals surface area contributed by atoms with Gasteiger partial charge in [-0.1, -0.05) is 24.3 Å². The highest BCUT2D eigenvalue weighted by Gasteiger charge is 2.12. The standard InChI is InChI=1S/C16H13N7/c17-15-21-16(20-12-5-3-8-18-10-12)22-23(15)14-13-6-2-1-4-11(13)7-9-19-14/h1-10H,(H3,17,20,21,22). The highest BCUT2D eigenvalue weighted by molar-refractivity contribution is 5.88. The van der Waals surface area contributed by atoms with E-state index in [-0.39, 0.29) is 5.95 Å². The third-order valence-corrected chi connectivity index (χ3v) is 3.40. The molecule has 3 N–H and O–H groups in total. The van der Waals surface area contributed by atoms with Crippen LogP contribution in [-0.2, 0) is 0 Å². The Morgan fingerprint density at radius 2 is 1.91 bits per heavy atom. The normalized spacial score (nSPS) is 10.8. The number of anilines is 3. The number of hydrogen-bond donors (Lipinski definition) is 2. The van der Waals surface area contributed by atoms with Gasteiger partial charge in [0, 0.05) is 17.8 Å². The number of nitrogens with one attached hydrogen (secondary N) is 1. The third-order valence-electron chi connectivity index (χ3n) is 3.40. The van der Waals surface area contributed by atoms with Crippen molar-refractivity contribution in [3.63, 3.8) is 0 Å². The average molecular weight is 303 g/mol. The lowest BCUT2D eigenvalue weighted by Crippen LogP contribution is -2.05. The first-order valence-electron chi connectivity index (χ1n) is 7.05. The van der Waals surface area contributed by atoms with Crippen molar-refractivity contribution in [2.75, 3.05) is 11.1 Å². The molecule has 0 aliphatic heterocycles. The molecule has 1 aromatic carbocycles. The molecule has 0 bridgehead atoms. The molecule has 0 amide bonds. The molecule has 4 aromatic rings. The largest absolute Gasteiger partial charge is 0.368 e. The predicted molar refractivity (Wildman–Crippen MR) is 88.6 cm³/mol. The molecule has 112 valence electrons. The van der Waals surface area contributed by atoms with Crippen LogP contribution in [0.4, 0.5) is 17.6 Å². The lowest BCUT2D eigenvalue weighted by Gasteiger charge is -2.05. The molecule has 0 unspecified atom stereocenters. The number of benzene rings is 1. The first-order valence-corrected chi connectivity index (χ1v) is 7.05. The van der Waals surface area contributed by atoms with Gasteiger partial charge in [0.15, 0.2) is 5.82 Å². The van der Waals surface area contributed by atoms with Gasteiger partial charge in [0.25, 0.3) is 0 Å². The maximum atomic E-state index is 6.01. The summed E-state index contributed by atoms with van der Waals surface area (Å²) >= 11 is 0. The first kappa shape index (κ1) is 13.2. The van der Waals surface area contributed by atoms with Crippen molar-refractivity contribution in [1.29, 1.82) is 0 Å². The molecule has 0 saturated heterocycles. The monoisotopic (exact) mass is 303 g/mol. The fourth-order valence-electron chi connectivity index (χ4n) is 2.37. The Morgan fingerprint density at radius 3 is 2.78 bits per heavy atom. The van der Waals surface area contributed by atoms with E-state index in [2.05, 4.69) is 25.4 Å². The van der Waals surface area contributed by atoms with Crippen LogP contribution in [0.25, 0.3) is 16.6 Å². The summed E-state index contributed by atoms with van der Waals surface area (Å²) in [6, 6.07) is 13.6. The fraction of sp³-hybridized carbons (Fsp3) is 0. The smallest absolute Gasteiger partial charge is 0.248 e. The van der Waals surface area contributed by atoms with Crippen LogP contribution in [-0.4, -0.2) is 24.7 Å². The zero-order valence-corrected chi connectivity index (χ0v) is 12.1. The zero-order chi connectivity index (χ0) is 15.6. The van der Waals surface area contributed by atoms with Crippen LogP contribution in [0.5, 0.6) is 0 Å². The van der Waals surface area contributed by atoms with Gasteiger partial charge in [0.2, 0.25) is 11.9 Å². The van der Waals surface area contributed by atoms with Gasteiger partial charge >= 0.3 is 0 Å². The molecule has 3 heterocycles.